The first-order chi connectivity index (χ1) is 18.4. The van der Waals surface area contributed by atoms with Crippen molar-refractivity contribution in [3.63, 3.8) is 0 Å². The summed E-state index contributed by atoms with van der Waals surface area (Å²) in [5.41, 5.74) is -0.0320. The molecule has 1 aromatic rings. The molecule has 0 aliphatic rings. The summed E-state index contributed by atoms with van der Waals surface area (Å²) in [4.78, 5) is 23.6. The van der Waals surface area contributed by atoms with E-state index in [1.165, 1.54) is 0 Å². The van der Waals surface area contributed by atoms with E-state index in [9.17, 15) is 9.59 Å². The highest BCUT2D eigenvalue weighted by atomic mass is 16.6. The molecule has 0 fully saturated rings. The number of unbranched alkanes of at least 4 members (excludes halogenated alkanes) is 3. The number of carbonyl (C=O) groups excluding carboxylic acids is 2. The lowest BCUT2D eigenvalue weighted by atomic mass is 10.1. The topological polar surface area (TPSA) is 102 Å². The Balaban J connectivity index is 1.98. The monoisotopic (exact) mass is 553 g/mol. The van der Waals surface area contributed by atoms with E-state index in [0.717, 1.165) is 37.0 Å². The molecule has 0 aromatic heterocycles. The number of hydrogen-bond acceptors (Lipinski definition) is 8. The number of hydrogen-bond donors (Lipinski definition) is 1. The standard InChI is InChI=1S/C30H51NO8/c1-24(31-28(33)39-30(5,6)7)25-13-12-14-26(23-25)37-17-11-9-8-10-16-34-19-21-36-22-20-35-18-15-27(32)38-29(2,3)4/h12-14,23-24H,8-11,15-22H2,1-7H3,(H,31,33)/t24-/m1/s1. The Kier molecular flexibility index (Phi) is 16.7. The zero-order chi connectivity index (χ0) is 29.2. The summed E-state index contributed by atoms with van der Waals surface area (Å²) >= 11 is 0. The van der Waals surface area contributed by atoms with Crippen molar-refractivity contribution in [2.75, 3.05) is 46.2 Å². The second-order valence-corrected chi connectivity index (χ2v) is 11.4. The average molecular weight is 554 g/mol. The van der Waals surface area contributed by atoms with Crippen LogP contribution in [0.3, 0.4) is 0 Å². The van der Waals surface area contributed by atoms with Gasteiger partial charge in [-0.05, 0) is 85.4 Å². The van der Waals surface area contributed by atoms with Crippen molar-refractivity contribution < 1.29 is 38.0 Å². The van der Waals surface area contributed by atoms with Crippen LogP contribution in [0.25, 0.3) is 0 Å². The highest BCUT2D eigenvalue weighted by Crippen LogP contribution is 2.20. The van der Waals surface area contributed by atoms with Gasteiger partial charge in [0.25, 0.3) is 0 Å². The lowest BCUT2D eigenvalue weighted by Gasteiger charge is -2.22. The van der Waals surface area contributed by atoms with E-state index in [-0.39, 0.29) is 18.4 Å². The molecule has 0 aliphatic carbocycles. The molecular weight excluding hydrogens is 502 g/mol. The highest BCUT2D eigenvalue weighted by Gasteiger charge is 2.18. The Bertz CT molecular complexity index is 816. The quantitative estimate of drug-likeness (QED) is 0.165. The van der Waals surface area contributed by atoms with Gasteiger partial charge in [0.05, 0.1) is 52.1 Å². The number of amides is 1. The number of ether oxygens (including phenoxy) is 6. The fourth-order valence-electron chi connectivity index (χ4n) is 3.38. The molecule has 0 heterocycles. The molecule has 1 amide bonds. The van der Waals surface area contributed by atoms with Crippen LogP contribution in [-0.4, -0.2) is 69.5 Å². The molecule has 39 heavy (non-hydrogen) atoms. The second-order valence-electron chi connectivity index (χ2n) is 11.4. The first kappa shape index (κ1) is 34.7. The van der Waals surface area contributed by atoms with Crippen LogP contribution in [0, 0.1) is 0 Å². The number of esters is 1. The van der Waals surface area contributed by atoms with Gasteiger partial charge in [-0.15, -0.1) is 0 Å². The van der Waals surface area contributed by atoms with E-state index in [2.05, 4.69) is 5.32 Å². The maximum Gasteiger partial charge on any atom is 0.408 e. The Morgan fingerprint density at radius 1 is 0.744 bits per heavy atom. The molecule has 0 unspecified atom stereocenters. The highest BCUT2D eigenvalue weighted by molar-refractivity contribution is 5.70. The Hall–Kier alpha value is -2.36. The summed E-state index contributed by atoms with van der Waals surface area (Å²) in [5, 5.41) is 2.85. The fourth-order valence-corrected chi connectivity index (χ4v) is 3.38. The number of carbonyl (C=O) groups is 2. The fraction of sp³-hybridized carbons (Fsp3) is 0.733. The van der Waals surface area contributed by atoms with Crippen molar-refractivity contribution in [2.45, 2.75) is 97.8 Å². The number of benzene rings is 1. The zero-order valence-corrected chi connectivity index (χ0v) is 25.1. The van der Waals surface area contributed by atoms with Crippen molar-refractivity contribution in [1.82, 2.24) is 5.32 Å². The van der Waals surface area contributed by atoms with Crippen LogP contribution >= 0.6 is 0 Å². The van der Waals surface area contributed by atoms with Crippen LogP contribution < -0.4 is 10.1 Å². The van der Waals surface area contributed by atoms with Crippen molar-refractivity contribution in [3.05, 3.63) is 29.8 Å². The van der Waals surface area contributed by atoms with Crippen LogP contribution in [0.1, 0.15) is 92.2 Å². The van der Waals surface area contributed by atoms with E-state index >= 15 is 0 Å². The smallest absolute Gasteiger partial charge is 0.408 e. The molecule has 1 N–H and O–H groups in total. The largest absolute Gasteiger partial charge is 0.494 e. The van der Waals surface area contributed by atoms with Gasteiger partial charge in [0.15, 0.2) is 0 Å². The molecule has 224 valence electrons. The third kappa shape index (κ3) is 20.2. The van der Waals surface area contributed by atoms with E-state index in [1.54, 1.807) is 0 Å². The third-order valence-electron chi connectivity index (χ3n) is 5.16. The van der Waals surface area contributed by atoms with Gasteiger partial charge in [0.2, 0.25) is 0 Å². The molecule has 0 spiro atoms. The van der Waals surface area contributed by atoms with E-state index in [0.29, 0.717) is 46.2 Å². The molecule has 1 aromatic carbocycles. The molecular formula is C30H51NO8. The first-order valence-corrected chi connectivity index (χ1v) is 14.0. The molecule has 9 heteroatoms. The molecule has 0 aliphatic heterocycles. The number of nitrogens with one attached hydrogen (secondary N) is 1. The van der Waals surface area contributed by atoms with E-state index < -0.39 is 17.3 Å². The second kappa shape index (κ2) is 18.8. The summed E-state index contributed by atoms with van der Waals surface area (Å²) in [6, 6.07) is 7.59. The first-order valence-electron chi connectivity index (χ1n) is 14.0. The van der Waals surface area contributed by atoms with Gasteiger partial charge < -0.3 is 33.7 Å². The minimum atomic E-state index is -0.529. The molecule has 1 rings (SSSR count). The maximum atomic E-state index is 12.0. The molecule has 0 radical (unpaired) electrons. The average Bonchev–Trinajstić information content (AvgIpc) is 2.81. The van der Waals surface area contributed by atoms with E-state index in [1.807, 2.05) is 72.7 Å². The summed E-state index contributed by atoms with van der Waals surface area (Å²) in [7, 11) is 0. The predicted molar refractivity (Wildman–Crippen MR) is 151 cm³/mol. The van der Waals surface area contributed by atoms with Gasteiger partial charge in [-0.3, -0.25) is 4.79 Å². The summed E-state index contributed by atoms with van der Waals surface area (Å²) in [6.45, 7) is 16.7. The third-order valence-corrected chi connectivity index (χ3v) is 5.16. The molecule has 0 saturated heterocycles. The van der Waals surface area contributed by atoms with Crippen LogP contribution in [0.4, 0.5) is 4.79 Å². The number of alkyl carbamates (subject to hydrolysis) is 1. The van der Waals surface area contributed by atoms with Crippen molar-refractivity contribution in [2.24, 2.45) is 0 Å². The minimum Gasteiger partial charge on any atom is -0.494 e. The SMILES string of the molecule is C[C@@H](NC(=O)OC(C)(C)C)c1cccc(OCCCCCCOCCOCCOCCC(=O)OC(C)(C)C)c1. The Morgan fingerprint density at radius 2 is 1.31 bits per heavy atom. The maximum absolute atomic E-state index is 12.0. The van der Waals surface area contributed by atoms with Gasteiger partial charge in [-0.25, -0.2) is 4.79 Å². The van der Waals surface area contributed by atoms with Crippen molar-refractivity contribution in [1.29, 1.82) is 0 Å². The normalized spacial score (nSPS) is 12.6. The van der Waals surface area contributed by atoms with Gasteiger partial charge >= 0.3 is 12.1 Å². The predicted octanol–water partition coefficient (Wildman–Crippen LogP) is 5.99. The summed E-state index contributed by atoms with van der Waals surface area (Å²) < 4.78 is 32.9. The van der Waals surface area contributed by atoms with Crippen molar-refractivity contribution >= 4 is 12.1 Å². The minimum absolute atomic E-state index is 0.182. The van der Waals surface area contributed by atoms with Crippen LogP contribution in [-0.2, 0) is 28.5 Å². The molecule has 0 saturated carbocycles. The van der Waals surface area contributed by atoms with Crippen LogP contribution in [0.5, 0.6) is 5.75 Å². The molecule has 9 nitrogen and oxygen atoms in total. The summed E-state index contributed by atoms with van der Waals surface area (Å²) in [6.07, 6.45) is 3.91. The van der Waals surface area contributed by atoms with E-state index in [4.69, 9.17) is 28.4 Å². The number of rotatable bonds is 19. The molecule has 1 atom stereocenters. The zero-order valence-electron chi connectivity index (χ0n) is 25.1. The lowest BCUT2D eigenvalue weighted by molar-refractivity contribution is -0.156. The van der Waals surface area contributed by atoms with Gasteiger partial charge in [-0.2, -0.15) is 0 Å². The summed E-state index contributed by atoms with van der Waals surface area (Å²) in [5.74, 6) is 0.539. The van der Waals surface area contributed by atoms with Gasteiger partial charge in [0.1, 0.15) is 17.0 Å². The van der Waals surface area contributed by atoms with Gasteiger partial charge in [-0.1, -0.05) is 18.6 Å². The van der Waals surface area contributed by atoms with Crippen LogP contribution in [0.15, 0.2) is 24.3 Å². The Labute approximate surface area is 235 Å². The van der Waals surface area contributed by atoms with Crippen LogP contribution in [0.2, 0.25) is 0 Å². The lowest BCUT2D eigenvalue weighted by Crippen LogP contribution is -2.34. The molecule has 0 bridgehead atoms. The van der Waals surface area contributed by atoms with Crippen molar-refractivity contribution in [3.8, 4) is 5.75 Å². The Morgan fingerprint density at radius 3 is 1.92 bits per heavy atom. The van der Waals surface area contributed by atoms with Gasteiger partial charge in [0, 0.05) is 6.61 Å².